The molecule has 0 aliphatic carbocycles. The van der Waals surface area contributed by atoms with E-state index in [1.54, 1.807) is 0 Å². The van der Waals surface area contributed by atoms with Crippen molar-refractivity contribution >= 4 is 27.5 Å². The van der Waals surface area contributed by atoms with E-state index < -0.39 is 10.0 Å². The number of carbonyl (C=O) groups is 1. The molecule has 1 aliphatic heterocycles. The number of carbonyl (C=O) groups excluding carboxylic acids is 1. The molecule has 0 radical (unpaired) electrons. The minimum absolute atomic E-state index is 0.0657. The number of hydrogen-bond donors (Lipinski definition) is 2. The molecule has 1 aliphatic rings. The third-order valence-electron chi connectivity index (χ3n) is 4.94. The Hall–Kier alpha value is -1.94. The van der Waals surface area contributed by atoms with Gasteiger partial charge in [0, 0.05) is 37.5 Å². The molecule has 2 N–H and O–H groups in total. The maximum absolute atomic E-state index is 12.6. The van der Waals surface area contributed by atoms with Crippen LogP contribution in [0.1, 0.15) is 41.0 Å². The first-order valence-corrected chi connectivity index (χ1v) is 11.8. The molecule has 10 heteroatoms. The van der Waals surface area contributed by atoms with E-state index in [1.165, 1.54) is 18.2 Å². The van der Waals surface area contributed by atoms with Crippen molar-refractivity contribution in [2.75, 3.05) is 19.7 Å². The highest BCUT2D eigenvalue weighted by Crippen LogP contribution is 2.23. The van der Waals surface area contributed by atoms with Gasteiger partial charge in [-0.05, 0) is 57.4 Å². The van der Waals surface area contributed by atoms with Crippen LogP contribution in [-0.4, -0.2) is 49.9 Å². The number of benzene rings is 1. The molecule has 1 aromatic heterocycles. The van der Waals surface area contributed by atoms with Crippen molar-refractivity contribution in [3.63, 3.8) is 0 Å². The third kappa shape index (κ3) is 5.81. The fourth-order valence-corrected chi connectivity index (χ4v) is 4.96. The number of rotatable bonds is 9. The summed E-state index contributed by atoms with van der Waals surface area (Å²) >= 11 is 6.10. The first-order chi connectivity index (χ1) is 14.3. The average Bonchev–Trinajstić information content (AvgIpc) is 3.33. The number of aryl methyl sites for hydroxylation is 3. The van der Waals surface area contributed by atoms with Crippen molar-refractivity contribution in [2.24, 2.45) is 0 Å². The molecule has 1 atom stereocenters. The standard InChI is InChI=1S/C20H27ClN4O4S/c1-14-11-15(2)25(24-14)9-4-8-22-20(26)16-6-7-18(21)19(12-16)30(27,28)23-13-17-5-3-10-29-17/h6-7,11-12,17,23H,3-5,8-10,13H2,1-2H3,(H,22,26). The van der Waals surface area contributed by atoms with Gasteiger partial charge in [-0.15, -0.1) is 0 Å². The summed E-state index contributed by atoms with van der Waals surface area (Å²) in [6, 6.07) is 6.24. The van der Waals surface area contributed by atoms with Crippen molar-refractivity contribution in [1.82, 2.24) is 19.8 Å². The molecule has 0 saturated carbocycles. The monoisotopic (exact) mass is 454 g/mol. The van der Waals surface area contributed by atoms with E-state index in [0.717, 1.165) is 24.2 Å². The smallest absolute Gasteiger partial charge is 0.251 e. The molecule has 2 heterocycles. The number of nitrogens with zero attached hydrogens (tertiary/aromatic N) is 2. The van der Waals surface area contributed by atoms with Gasteiger partial charge < -0.3 is 10.1 Å². The Balaban J connectivity index is 1.57. The lowest BCUT2D eigenvalue weighted by Crippen LogP contribution is -2.32. The van der Waals surface area contributed by atoms with Gasteiger partial charge in [0.2, 0.25) is 10.0 Å². The Bertz CT molecular complexity index is 1000. The summed E-state index contributed by atoms with van der Waals surface area (Å²) in [7, 11) is -3.85. The van der Waals surface area contributed by atoms with Crippen LogP contribution in [-0.2, 0) is 21.3 Å². The third-order valence-corrected chi connectivity index (χ3v) is 6.85. The summed E-state index contributed by atoms with van der Waals surface area (Å²) in [5, 5.41) is 7.26. The zero-order valence-electron chi connectivity index (χ0n) is 17.2. The van der Waals surface area contributed by atoms with E-state index in [-0.39, 0.29) is 34.0 Å². The van der Waals surface area contributed by atoms with Crippen molar-refractivity contribution < 1.29 is 17.9 Å². The number of hydrogen-bond acceptors (Lipinski definition) is 5. The van der Waals surface area contributed by atoms with E-state index in [9.17, 15) is 13.2 Å². The largest absolute Gasteiger partial charge is 0.377 e. The summed E-state index contributed by atoms with van der Waals surface area (Å²) < 4.78 is 35.1. The van der Waals surface area contributed by atoms with Crippen molar-refractivity contribution in [3.05, 3.63) is 46.2 Å². The average molecular weight is 455 g/mol. The molecule has 0 spiro atoms. The molecular formula is C20H27ClN4O4S. The normalized spacial score (nSPS) is 16.7. The first-order valence-electron chi connectivity index (χ1n) is 9.96. The number of sulfonamides is 1. The minimum Gasteiger partial charge on any atom is -0.377 e. The van der Waals surface area contributed by atoms with Crippen LogP contribution in [0.4, 0.5) is 0 Å². The van der Waals surface area contributed by atoms with Crippen LogP contribution in [0.25, 0.3) is 0 Å². The number of aromatic nitrogens is 2. The highest BCUT2D eigenvalue weighted by Gasteiger charge is 2.23. The van der Waals surface area contributed by atoms with E-state index in [2.05, 4.69) is 15.1 Å². The van der Waals surface area contributed by atoms with Crippen molar-refractivity contribution in [2.45, 2.75) is 50.7 Å². The van der Waals surface area contributed by atoms with Gasteiger partial charge in [-0.3, -0.25) is 9.48 Å². The number of amides is 1. The van der Waals surface area contributed by atoms with E-state index in [4.69, 9.17) is 16.3 Å². The second kappa shape index (κ2) is 9.91. The van der Waals surface area contributed by atoms with E-state index >= 15 is 0 Å². The Kier molecular flexibility index (Phi) is 7.51. The zero-order chi connectivity index (χ0) is 21.7. The molecule has 0 bridgehead atoms. The molecule has 8 nitrogen and oxygen atoms in total. The Morgan fingerprint density at radius 3 is 2.80 bits per heavy atom. The lowest BCUT2D eigenvalue weighted by Gasteiger charge is -2.13. The summed E-state index contributed by atoms with van der Waals surface area (Å²) in [5.41, 5.74) is 2.27. The molecule has 1 unspecified atom stereocenters. The van der Waals surface area contributed by atoms with Gasteiger partial charge >= 0.3 is 0 Å². The van der Waals surface area contributed by atoms with Gasteiger partial charge in [0.25, 0.3) is 5.91 Å². The van der Waals surface area contributed by atoms with Gasteiger partial charge in [-0.2, -0.15) is 5.10 Å². The quantitative estimate of drug-likeness (QED) is 0.566. The fourth-order valence-electron chi connectivity index (χ4n) is 3.37. The Morgan fingerprint density at radius 1 is 1.33 bits per heavy atom. The van der Waals surface area contributed by atoms with Crippen LogP contribution in [0.5, 0.6) is 0 Å². The lowest BCUT2D eigenvalue weighted by atomic mass is 10.2. The predicted octanol–water partition coefficient (Wildman–Crippen LogP) is 2.43. The van der Waals surface area contributed by atoms with Crippen LogP contribution in [0.3, 0.4) is 0 Å². The minimum atomic E-state index is -3.85. The highest BCUT2D eigenvalue weighted by molar-refractivity contribution is 7.89. The fraction of sp³-hybridized carbons (Fsp3) is 0.500. The highest BCUT2D eigenvalue weighted by atomic mass is 35.5. The molecular weight excluding hydrogens is 428 g/mol. The maximum atomic E-state index is 12.6. The van der Waals surface area contributed by atoms with E-state index in [0.29, 0.717) is 26.1 Å². The van der Waals surface area contributed by atoms with Gasteiger partial charge in [-0.1, -0.05) is 11.6 Å². The number of ether oxygens (including phenoxy) is 1. The summed E-state index contributed by atoms with van der Waals surface area (Å²) in [4.78, 5) is 12.4. The van der Waals surface area contributed by atoms with Crippen molar-refractivity contribution in [1.29, 1.82) is 0 Å². The number of nitrogens with one attached hydrogen (secondary N) is 2. The number of halogens is 1. The van der Waals surface area contributed by atoms with E-state index in [1.807, 2.05) is 24.6 Å². The zero-order valence-corrected chi connectivity index (χ0v) is 18.7. The molecule has 1 amide bonds. The first kappa shape index (κ1) is 22.7. The molecule has 1 saturated heterocycles. The van der Waals surface area contributed by atoms with Crippen LogP contribution in [0, 0.1) is 13.8 Å². The second-order valence-corrected chi connectivity index (χ2v) is 9.53. The maximum Gasteiger partial charge on any atom is 0.251 e. The molecule has 3 rings (SSSR count). The molecule has 164 valence electrons. The lowest BCUT2D eigenvalue weighted by molar-refractivity contribution is 0.0952. The summed E-state index contributed by atoms with van der Waals surface area (Å²) in [6.45, 7) is 5.88. The van der Waals surface area contributed by atoms with Gasteiger partial charge in [-0.25, -0.2) is 13.1 Å². The van der Waals surface area contributed by atoms with Crippen molar-refractivity contribution in [3.8, 4) is 0 Å². The summed E-state index contributed by atoms with van der Waals surface area (Å²) in [5.74, 6) is -0.351. The van der Waals surface area contributed by atoms with Crippen LogP contribution < -0.4 is 10.0 Å². The molecule has 1 fully saturated rings. The van der Waals surface area contributed by atoms with Gasteiger partial charge in [0.05, 0.1) is 16.8 Å². The predicted molar refractivity (Wildman–Crippen MR) is 114 cm³/mol. The molecule has 30 heavy (non-hydrogen) atoms. The summed E-state index contributed by atoms with van der Waals surface area (Å²) in [6.07, 6.45) is 2.31. The second-order valence-electron chi connectivity index (χ2n) is 7.39. The molecule has 2 aromatic rings. The SMILES string of the molecule is Cc1cc(C)n(CCCNC(=O)c2ccc(Cl)c(S(=O)(=O)NCC3CCCO3)c2)n1. The Labute approximate surface area is 182 Å². The van der Waals surface area contributed by atoms with Crippen LogP contribution in [0.2, 0.25) is 5.02 Å². The Morgan fingerprint density at radius 2 is 2.13 bits per heavy atom. The van der Waals surface area contributed by atoms with Crippen LogP contribution >= 0.6 is 11.6 Å². The topological polar surface area (TPSA) is 102 Å². The van der Waals surface area contributed by atoms with Crippen LogP contribution in [0.15, 0.2) is 29.2 Å². The molecule has 1 aromatic carbocycles. The van der Waals surface area contributed by atoms with Gasteiger partial charge in [0.15, 0.2) is 0 Å². The van der Waals surface area contributed by atoms with Gasteiger partial charge in [0.1, 0.15) is 4.90 Å².